The minimum absolute atomic E-state index is 0.0693. The van der Waals surface area contributed by atoms with E-state index in [1.165, 1.54) is 15.5 Å². The highest BCUT2D eigenvalue weighted by Crippen LogP contribution is 2.27. The number of benzene rings is 2. The maximum atomic E-state index is 13.8. The van der Waals surface area contributed by atoms with Crippen LogP contribution in [0.5, 0.6) is 11.5 Å². The Balaban J connectivity index is 1.44. The molecule has 1 atom stereocenters. The van der Waals surface area contributed by atoms with Crippen molar-refractivity contribution in [2.24, 2.45) is 0 Å². The molecule has 1 saturated heterocycles. The number of nitrogens with one attached hydrogen (secondary N) is 1. The molecule has 2 aromatic carbocycles. The van der Waals surface area contributed by atoms with Gasteiger partial charge in [-0.05, 0) is 69.3 Å². The van der Waals surface area contributed by atoms with Crippen molar-refractivity contribution in [2.45, 2.75) is 45.3 Å². The van der Waals surface area contributed by atoms with Gasteiger partial charge in [0.2, 0.25) is 0 Å². The van der Waals surface area contributed by atoms with Crippen molar-refractivity contribution in [3.8, 4) is 23.3 Å². The van der Waals surface area contributed by atoms with Gasteiger partial charge in [-0.1, -0.05) is 25.1 Å². The molecule has 2 aromatic heterocycles. The van der Waals surface area contributed by atoms with Gasteiger partial charge >= 0.3 is 5.69 Å². The van der Waals surface area contributed by atoms with Gasteiger partial charge in [0, 0.05) is 18.6 Å². The quantitative estimate of drug-likeness (QED) is 0.238. The number of likely N-dealkylation sites (N-methyl/N-ethyl adjacent to an activating group) is 1. The Hall–Kier alpha value is -4.95. The molecule has 1 fully saturated rings. The first-order valence-corrected chi connectivity index (χ1v) is 13.5. The smallest absolute Gasteiger partial charge is 0.335 e. The van der Waals surface area contributed by atoms with Gasteiger partial charge < -0.3 is 20.7 Å². The molecular weight excluding hydrogens is 520 g/mol. The number of carbonyl (C=O) groups excluding carboxylic acids is 1. The zero-order valence-electron chi connectivity index (χ0n) is 23.2. The summed E-state index contributed by atoms with van der Waals surface area (Å²) in [5, 5.41) is 13.0. The van der Waals surface area contributed by atoms with Crippen LogP contribution in [0.25, 0.3) is 16.9 Å². The van der Waals surface area contributed by atoms with Gasteiger partial charge in [-0.3, -0.25) is 13.9 Å². The number of nitrogen functional groups attached to an aromatic ring is 1. The molecule has 11 heteroatoms. The second-order valence-corrected chi connectivity index (χ2v) is 10.4. The van der Waals surface area contributed by atoms with Crippen LogP contribution < -0.4 is 21.5 Å². The summed E-state index contributed by atoms with van der Waals surface area (Å²) in [6.45, 7) is 7.18. The number of aromatic nitrogens is 4. The second-order valence-electron chi connectivity index (χ2n) is 10.4. The fraction of sp³-hybridized carbons (Fsp3) is 0.300. The molecule has 0 bridgehead atoms. The summed E-state index contributed by atoms with van der Waals surface area (Å²) in [6.07, 6.45) is 3.66. The number of ether oxygens (including phenoxy) is 1. The zero-order chi connectivity index (χ0) is 29.1. The number of amides is 1. The van der Waals surface area contributed by atoms with Gasteiger partial charge in [-0.25, -0.2) is 14.8 Å². The summed E-state index contributed by atoms with van der Waals surface area (Å²) in [6, 6.07) is 18.3. The third-order valence-corrected chi connectivity index (χ3v) is 7.09. The topological polar surface area (TPSA) is 144 Å². The minimum atomic E-state index is -0.518. The molecule has 0 spiro atoms. The van der Waals surface area contributed by atoms with Crippen LogP contribution in [0.3, 0.4) is 0 Å². The van der Waals surface area contributed by atoms with Crippen molar-refractivity contribution in [3.05, 3.63) is 83.1 Å². The van der Waals surface area contributed by atoms with Gasteiger partial charge in [-0.2, -0.15) is 5.26 Å². The molecule has 41 heavy (non-hydrogen) atoms. The van der Waals surface area contributed by atoms with E-state index in [0.717, 1.165) is 0 Å². The average Bonchev–Trinajstić information content (AvgIpc) is 3.22. The lowest BCUT2D eigenvalue weighted by atomic mass is 9.97. The number of fused-ring (bicyclic) bond motifs is 1. The molecule has 3 N–H and O–H groups in total. The first kappa shape index (κ1) is 27.6. The van der Waals surface area contributed by atoms with Crippen molar-refractivity contribution in [3.63, 3.8) is 0 Å². The summed E-state index contributed by atoms with van der Waals surface area (Å²) < 4.78 is 8.88. The number of nitrogens with two attached hydrogens (primary N) is 1. The highest BCUT2D eigenvalue weighted by molar-refractivity contribution is 5.98. The lowest BCUT2D eigenvalue weighted by Crippen LogP contribution is -2.54. The minimum Gasteiger partial charge on any atom is -0.457 e. The fourth-order valence-corrected chi connectivity index (χ4v) is 5.07. The van der Waals surface area contributed by atoms with Crippen LogP contribution >= 0.6 is 0 Å². The number of likely N-dealkylation sites (tertiary alicyclic amines) is 1. The Bertz CT molecular complexity index is 1700. The lowest BCUT2D eigenvalue weighted by Gasteiger charge is -2.41. The highest BCUT2D eigenvalue weighted by atomic mass is 16.5. The third-order valence-electron chi connectivity index (χ3n) is 7.09. The molecule has 0 radical (unpaired) electrons. The number of rotatable bonds is 9. The molecule has 210 valence electrons. The predicted molar refractivity (Wildman–Crippen MR) is 156 cm³/mol. The first-order chi connectivity index (χ1) is 19.7. The first-order valence-electron chi connectivity index (χ1n) is 13.5. The average molecular weight is 553 g/mol. The Labute approximate surface area is 237 Å². The molecule has 1 aliphatic rings. The number of nitrogens with zero attached hydrogens (tertiary/aromatic N) is 6. The molecule has 5 rings (SSSR count). The Morgan fingerprint density at radius 1 is 1.17 bits per heavy atom. The van der Waals surface area contributed by atoms with Crippen LogP contribution in [0.1, 0.15) is 27.2 Å². The molecule has 11 nitrogen and oxygen atoms in total. The maximum Gasteiger partial charge on any atom is 0.335 e. The molecule has 3 heterocycles. The number of para-hydroxylation sites is 1. The maximum absolute atomic E-state index is 13.8. The van der Waals surface area contributed by atoms with E-state index in [1.807, 2.05) is 51.1 Å². The van der Waals surface area contributed by atoms with Crippen molar-refractivity contribution in [1.82, 2.24) is 29.3 Å². The largest absolute Gasteiger partial charge is 0.457 e. The Morgan fingerprint density at radius 3 is 2.51 bits per heavy atom. The van der Waals surface area contributed by atoms with Gasteiger partial charge in [0.1, 0.15) is 35.0 Å². The Kier molecular flexibility index (Phi) is 7.59. The van der Waals surface area contributed by atoms with Crippen LogP contribution in [-0.2, 0) is 11.3 Å². The van der Waals surface area contributed by atoms with Crippen LogP contribution in [-0.4, -0.2) is 54.6 Å². The monoisotopic (exact) mass is 552 g/mol. The SMILES string of the molecule is CCNC(C)(C)C=C(C#N)C(=O)N1CC[C@H]1Cn1c(=O)n(-c2ccc(Oc3ccccc3)cc2)c2c(N)ncnc21. The molecule has 1 aliphatic heterocycles. The number of hydrogen-bond donors (Lipinski definition) is 2. The van der Waals surface area contributed by atoms with E-state index in [1.54, 1.807) is 35.2 Å². The molecule has 4 aromatic rings. The van der Waals surface area contributed by atoms with E-state index in [9.17, 15) is 14.9 Å². The van der Waals surface area contributed by atoms with E-state index < -0.39 is 5.54 Å². The van der Waals surface area contributed by atoms with Gasteiger partial charge in [0.05, 0.1) is 11.7 Å². The lowest BCUT2D eigenvalue weighted by molar-refractivity contribution is -0.134. The van der Waals surface area contributed by atoms with E-state index >= 15 is 0 Å². The predicted octanol–water partition coefficient (Wildman–Crippen LogP) is 3.40. The summed E-state index contributed by atoms with van der Waals surface area (Å²) in [4.78, 5) is 37.2. The van der Waals surface area contributed by atoms with Gasteiger partial charge in [0.15, 0.2) is 11.5 Å². The molecular formula is C30H32N8O3. The van der Waals surface area contributed by atoms with Crippen LogP contribution in [0.2, 0.25) is 0 Å². The van der Waals surface area contributed by atoms with Crippen LogP contribution in [0.4, 0.5) is 5.82 Å². The summed E-state index contributed by atoms with van der Waals surface area (Å²) in [7, 11) is 0. The molecule has 1 amide bonds. The number of carbonyl (C=O) groups is 1. The highest BCUT2D eigenvalue weighted by Gasteiger charge is 2.36. The van der Waals surface area contributed by atoms with Gasteiger partial charge in [-0.15, -0.1) is 0 Å². The third kappa shape index (κ3) is 5.55. The molecule has 0 saturated carbocycles. The van der Waals surface area contributed by atoms with E-state index in [4.69, 9.17) is 10.5 Å². The van der Waals surface area contributed by atoms with Crippen LogP contribution in [0, 0.1) is 11.3 Å². The van der Waals surface area contributed by atoms with Crippen molar-refractivity contribution in [1.29, 1.82) is 5.26 Å². The second kappa shape index (κ2) is 11.3. The molecule has 0 unspecified atom stereocenters. The van der Waals surface area contributed by atoms with Crippen LogP contribution in [0.15, 0.2) is 77.4 Å². The zero-order valence-corrected chi connectivity index (χ0v) is 23.2. The van der Waals surface area contributed by atoms with E-state index in [-0.39, 0.29) is 35.6 Å². The van der Waals surface area contributed by atoms with Crippen molar-refractivity contribution < 1.29 is 9.53 Å². The number of hydrogen-bond acceptors (Lipinski definition) is 8. The fourth-order valence-electron chi connectivity index (χ4n) is 5.07. The van der Waals surface area contributed by atoms with Gasteiger partial charge in [0.25, 0.3) is 5.91 Å². The van der Waals surface area contributed by atoms with Crippen molar-refractivity contribution in [2.75, 3.05) is 18.8 Å². The number of anilines is 1. The van der Waals surface area contributed by atoms with Crippen molar-refractivity contribution >= 4 is 22.9 Å². The number of nitriles is 1. The standard InChI is InChI=1S/C30H32N8O3/c1-4-35-30(2,3)16-20(17-31)28(39)36-15-14-22(36)18-37-27-25(26(32)33-19-34-27)38(29(37)40)21-10-12-24(13-11-21)41-23-8-6-5-7-9-23/h5-13,16,19,22,35H,4,14-15,18H2,1-3H3,(H2,32,33,34)/t22-/m0/s1. The summed E-state index contributed by atoms with van der Waals surface area (Å²) in [5.74, 6) is 1.13. The molecule has 0 aliphatic carbocycles. The summed E-state index contributed by atoms with van der Waals surface area (Å²) in [5.41, 5.74) is 6.77. The van der Waals surface area contributed by atoms with E-state index in [0.29, 0.717) is 47.9 Å². The normalized spacial score (nSPS) is 15.4. The van der Waals surface area contributed by atoms with E-state index in [2.05, 4.69) is 21.4 Å². The summed E-state index contributed by atoms with van der Waals surface area (Å²) >= 11 is 0. The Morgan fingerprint density at radius 2 is 1.88 bits per heavy atom. The number of imidazole rings is 1.